The number of hydrogen-bond donors (Lipinski definition) is 0. The third kappa shape index (κ3) is 2.93. The minimum absolute atomic E-state index is 0.00924. The lowest BCUT2D eigenvalue weighted by atomic mass is 10.1. The largest absolute Gasteiger partial charge is 0.454 e. The van der Waals surface area contributed by atoms with Crippen LogP contribution in [-0.2, 0) is 0 Å². The van der Waals surface area contributed by atoms with Crippen LogP contribution in [0.5, 0.6) is 11.5 Å². The monoisotopic (exact) mass is 402 g/mol. The predicted octanol–water partition coefficient (Wildman–Crippen LogP) is 5.61. The molecule has 1 aliphatic rings. The van der Waals surface area contributed by atoms with Gasteiger partial charge < -0.3 is 4.74 Å². The molecule has 0 saturated carbocycles. The Morgan fingerprint density at radius 3 is 2.43 bits per heavy atom. The van der Waals surface area contributed by atoms with E-state index in [-0.39, 0.29) is 39.1 Å². The average molecular weight is 403 g/mol. The summed E-state index contributed by atoms with van der Waals surface area (Å²) < 4.78 is 34.0. The van der Waals surface area contributed by atoms with Crippen molar-refractivity contribution in [3.05, 3.63) is 86.9 Å². The van der Waals surface area contributed by atoms with Gasteiger partial charge in [0.2, 0.25) is 0 Å². The maximum atomic E-state index is 14.6. The molecule has 0 aliphatic carbocycles. The highest BCUT2D eigenvalue weighted by Gasteiger charge is 2.32. The van der Waals surface area contributed by atoms with Crippen molar-refractivity contribution < 1.29 is 23.2 Å². The molecule has 0 spiro atoms. The Hall–Kier alpha value is -3.52. The Balaban J connectivity index is 2.00. The van der Waals surface area contributed by atoms with Gasteiger partial charge in [-0.25, -0.2) is 8.78 Å². The SMILES string of the molecule is O=C1c2cc(F)ccc2Oc2cc([N+](=O)[O-])ccc2N1c1ccc(Cl)cc1F. The molecule has 3 aromatic rings. The summed E-state index contributed by atoms with van der Waals surface area (Å²) in [6.45, 7) is 0. The fourth-order valence-corrected chi connectivity index (χ4v) is 3.05. The number of nitro benzene ring substituents is 1. The van der Waals surface area contributed by atoms with Gasteiger partial charge in [0, 0.05) is 11.1 Å². The maximum Gasteiger partial charge on any atom is 0.273 e. The number of halogens is 3. The summed E-state index contributed by atoms with van der Waals surface area (Å²) in [4.78, 5) is 24.6. The molecule has 9 heteroatoms. The molecular formula is C19H9ClF2N2O4. The summed E-state index contributed by atoms with van der Waals surface area (Å²) in [5, 5.41) is 11.2. The van der Waals surface area contributed by atoms with E-state index >= 15 is 0 Å². The van der Waals surface area contributed by atoms with Crippen LogP contribution < -0.4 is 9.64 Å². The van der Waals surface area contributed by atoms with Crippen LogP contribution in [0.15, 0.2) is 54.6 Å². The van der Waals surface area contributed by atoms with Crippen LogP contribution in [0.2, 0.25) is 5.02 Å². The van der Waals surface area contributed by atoms with E-state index in [1.165, 1.54) is 24.3 Å². The van der Waals surface area contributed by atoms with E-state index in [9.17, 15) is 23.7 Å². The van der Waals surface area contributed by atoms with Crippen molar-refractivity contribution in [2.75, 3.05) is 4.90 Å². The van der Waals surface area contributed by atoms with Crippen molar-refractivity contribution in [3.63, 3.8) is 0 Å². The van der Waals surface area contributed by atoms with E-state index < -0.39 is 22.5 Å². The molecule has 1 aliphatic heterocycles. The second-order valence-corrected chi connectivity index (χ2v) is 6.32. The zero-order chi connectivity index (χ0) is 20.0. The van der Waals surface area contributed by atoms with E-state index in [4.69, 9.17) is 16.3 Å². The van der Waals surface area contributed by atoms with Gasteiger partial charge in [-0.3, -0.25) is 19.8 Å². The smallest absolute Gasteiger partial charge is 0.273 e. The van der Waals surface area contributed by atoms with Gasteiger partial charge in [-0.2, -0.15) is 0 Å². The Morgan fingerprint density at radius 2 is 1.71 bits per heavy atom. The van der Waals surface area contributed by atoms with Crippen molar-refractivity contribution in [1.82, 2.24) is 0 Å². The second-order valence-electron chi connectivity index (χ2n) is 5.89. The molecule has 0 N–H and O–H groups in total. The lowest BCUT2D eigenvalue weighted by Gasteiger charge is -2.22. The second kappa shape index (κ2) is 6.58. The predicted molar refractivity (Wildman–Crippen MR) is 97.4 cm³/mol. The van der Waals surface area contributed by atoms with Gasteiger partial charge in [-0.05, 0) is 42.5 Å². The quantitative estimate of drug-likeness (QED) is 0.412. The molecule has 6 nitrogen and oxygen atoms in total. The number of nitro groups is 1. The average Bonchev–Trinajstić information content (AvgIpc) is 2.76. The fourth-order valence-electron chi connectivity index (χ4n) is 2.89. The number of carbonyl (C=O) groups excluding carboxylic acids is 1. The summed E-state index contributed by atoms with van der Waals surface area (Å²) >= 11 is 5.79. The van der Waals surface area contributed by atoms with E-state index in [2.05, 4.69) is 0 Å². The molecule has 28 heavy (non-hydrogen) atoms. The van der Waals surface area contributed by atoms with Gasteiger partial charge >= 0.3 is 0 Å². The molecule has 0 fully saturated rings. The van der Waals surface area contributed by atoms with Gasteiger partial charge in [0.05, 0.1) is 27.9 Å². The zero-order valence-corrected chi connectivity index (χ0v) is 14.6. The minimum Gasteiger partial charge on any atom is -0.454 e. The van der Waals surface area contributed by atoms with Crippen molar-refractivity contribution in [2.45, 2.75) is 0 Å². The molecule has 0 atom stereocenters. The number of carbonyl (C=O) groups is 1. The molecule has 0 unspecified atom stereocenters. The van der Waals surface area contributed by atoms with Crippen molar-refractivity contribution >= 4 is 34.6 Å². The van der Waals surface area contributed by atoms with Gasteiger partial charge in [0.1, 0.15) is 17.4 Å². The van der Waals surface area contributed by atoms with Gasteiger partial charge in [0.15, 0.2) is 5.75 Å². The lowest BCUT2D eigenvalue weighted by Crippen LogP contribution is -2.26. The van der Waals surface area contributed by atoms with Gasteiger partial charge in [0.25, 0.3) is 11.6 Å². The van der Waals surface area contributed by atoms with Crippen LogP contribution >= 0.6 is 11.6 Å². The summed E-state index contributed by atoms with van der Waals surface area (Å²) in [6.07, 6.45) is 0. The number of ether oxygens (including phenoxy) is 1. The van der Waals surface area contributed by atoms with Crippen LogP contribution in [0, 0.1) is 21.7 Å². The number of rotatable bonds is 2. The number of benzene rings is 3. The van der Waals surface area contributed by atoms with Crippen molar-refractivity contribution in [2.24, 2.45) is 0 Å². The standard InChI is InChI=1S/C19H9ClF2N2O4/c20-10-1-4-15(14(22)7-10)23-16-5-3-12(24(26)27)9-18(16)28-17-6-2-11(21)8-13(17)19(23)25/h1-9H. The molecule has 140 valence electrons. The van der Waals surface area contributed by atoms with E-state index in [1.807, 2.05) is 0 Å². The van der Waals surface area contributed by atoms with Crippen LogP contribution in [0.25, 0.3) is 0 Å². The Labute approximate surface area is 161 Å². The third-order valence-electron chi connectivity index (χ3n) is 4.14. The van der Waals surface area contributed by atoms with Gasteiger partial charge in [-0.1, -0.05) is 11.6 Å². The number of nitrogens with zero attached hydrogens (tertiary/aromatic N) is 2. The Bertz CT molecular complexity index is 1150. The molecule has 1 amide bonds. The summed E-state index contributed by atoms with van der Waals surface area (Å²) in [5.41, 5.74) is -0.542. The number of hydrogen-bond acceptors (Lipinski definition) is 4. The first-order chi connectivity index (χ1) is 13.3. The number of non-ortho nitro benzene ring substituents is 1. The minimum atomic E-state index is -0.801. The van der Waals surface area contributed by atoms with E-state index in [1.54, 1.807) is 0 Å². The normalized spacial score (nSPS) is 12.7. The first-order valence-electron chi connectivity index (χ1n) is 7.90. The number of fused-ring (bicyclic) bond motifs is 2. The first kappa shape index (κ1) is 17.9. The molecule has 0 bridgehead atoms. The third-order valence-corrected chi connectivity index (χ3v) is 4.38. The first-order valence-corrected chi connectivity index (χ1v) is 8.28. The van der Waals surface area contributed by atoms with Crippen LogP contribution in [-0.4, -0.2) is 10.8 Å². The highest BCUT2D eigenvalue weighted by atomic mass is 35.5. The molecule has 0 saturated heterocycles. The molecule has 0 aromatic heterocycles. The van der Waals surface area contributed by atoms with Crippen molar-refractivity contribution in [3.8, 4) is 11.5 Å². The van der Waals surface area contributed by atoms with Crippen LogP contribution in [0.1, 0.15) is 10.4 Å². The topological polar surface area (TPSA) is 72.7 Å². The Kier molecular flexibility index (Phi) is 4.20. The zero-order valence-electron chi connectivity index (χ0n) is 13.9. The van der Waals surface area contributed by atoms with Crippen molar-refractivity contribution in [1.29, 1.82) is 0 Å². The van der Waals surface area contributed by atoms with E-state index in [0.717, 1.165) is 35.2 Å². The van der Waals surface area contributed by atoms with Gasteiger partial charge in [-0.15, -0.1) is 0 Å². The fraction of sp³-hybridized carbons (Fsp3) is 0. The summed E-state index contributed by atoms with van der Waals surface area (Å²) in [5.74, 6) is -2.32. The number of anilines is 2. The summed E-state index contributed by atoms with van der Waals surface area (Å²) in [6, 6.07) is 10.5. The maximum absolute atomic E-state index is 14.6. The van der Waals surface area contributed by atoms with Crippen LogP contribution in [0.3, 0.4) is 0 Å². The molecule has 4 rings (SSSR count). The number of amides is 1. The van der Waals surface area contributed by atoms with Crippen LogP contribution in [0.4, 0.5) is 25.8 Å². The molecule has 3 aromatic carbocycles. The highest BCUT2D eigenvalue weighted by molar-refractivity contribution is 6.30. The molecule has 0 radical (unpaired) electrons. The summed E-state index contributed by atoms with van der Waals surface area (Å²) in [7, 11) is 0. The highest BCUT2D eigenvalue weighted by Crippen LogP contribution is 2.44. The molecular weight excluding hydrogens is 394 g/mol. The van der Waals surface area contributed by atoms with E-state index in [0.29, 0.717) is 0 Å². The molecule has 1 heterocycles. The lowest BCUT2D eigenvalue weighted by molar-refractivity contribution is -0.384. The Morgan fingerprint density at radius 1 is 0.964 bits per heavy atom.